The second kappa shape index (κ2) is 5.39. The van der Waals surface area contributed by atoms with E-state index in [0.29, 0.717) is 11.9 Å². The summed E-state index contributed by atoms with van der Waals surface area (Å²) in [4.78, 5) is 22.4. The molecule has 1 amide bonds. The molecule has 0 saturated heterocycles. The number of halogens is 1. The zero-order chi connectivity index (χ0) is 13.1. The van der Waals surface area contributed by atoms with Crippen LogP contribution in [-0.2, 0) is 4.74 Å². The van der Waals surface area contributed by atoms with Crippen molar-refractivity contribution in [2.24, 2.45) is 0 Å². The third-order valence-corrected chi connectivity index (χ3v) is 3.43. The number of rotatable bonds is 1. The number of benzene rings is 1. The van der Waals surface area contributed by atoms with E-state index in [4.69, 9.17) is 11.6 Å². The van der Waals surface area contributed by atoms with Crippen molar-refractivity contribution in [1.29, 1.82) is 0 Å². The highest BCUT2D eigenvalue weighted by atomic mass is 35.5. The first-order valence-corrected chi connectivity index (χ1v) is 5.67. The SMILES string of the molecule is COC(=O)S[N+](C)(C(=O)[O-])c1ccccc1Cl. The van der Waals surface area contributed by atoms with Gasteiger partial charge in [-0.2, -0.15) is 3.89 Å². The van der Waals surface area contributed by atoms with Crippen LogP contribution in [0.3, 0.4) is 0 Å². The third kappa shape index (κ3) is 2.91. The standard InChI is InChI=1S/C10H10ClNO4S/c1-12(9(13)14,17-10(15)16-2)8-6-4-3-5-7(8)11/h3-6H,1-2H3. The van der Waals surface area contributed by atoms with Crippen LogP contribution >= 0.6 is 23.5 Å². The Bertz CT molecular complexity index is 454. The Morgan fingerprint density at radius 3 is 2.47 bits per heavy atom. The molecule has 0 radical (unpaired) electrons. The lowest BCUT2D eigenvalue weighted by Crippen LogP contribution is -2.52. The van der Waals surface area contributed by atoms with E-state index in [1.807, 2.05) is 0 Å². The minimum Gasteiger partial charge on any atom is -0.497 e. The fraction of sp³-hybridized carbons (Fsp3) is 0.200. The fourth-order valence-corrected chi connectivity index (χ4v) is 2.23. The molecular weight excluding hydrogens is 266 g/mol. The molecule has 0 saturated carbocycles. The van der Waals surface area contributed by atoms with Crippen molar-refractivity contribution in [3.63, 3.8) is 0 Å². The number of amides is 1. The average Bonchev–Trinajstić information content (AvgIpc) is 2.28. The van der Waals surface area contributed by atoms with Crippen LogP contribution in [0, 0.1) is 0 Å². The largest absolute Gasteiger partial charge is 0.497 e. The van der Waals surface area contributed by atoms with Crippen LogP contribution in [-0.4, -0.2) is 25.6 Å². The highest BCUT2D eigenvalue weighted by molar-refractivity contribution is 8.13. The highest BCUT2D eigenvalue weighted by Crippen LogP contribution is 2.36. The first kappa shape index (κ1) is 13.8. The molecule has 1 rings (SSSR count). The quantitative estimate of drug-likeness (QED) is 0.446. The zero-order valence-corrected chi connectivity index (χ0v) is 10.7. The second-order valence-electron chi connectivity index (χ2n) is 3.19. The number of ether oxygens (including phenoxy) is 1. The molecule has 5 nitrogen and oxygen atoms in total. The molecule has 0 heterocycles. The fourth-order valence-electron chi connectivity index (χ4n) is 1.17. The van der Waals surface area contributed by atoms with Gasteiger partial charge in [0.05, 0.1) is 14.2 Å². The summed E-state index contributed by atoms with van der Waals surface area (Å²) in [5.74, 6) is 0. The number of carbonyl (C=O) groups excluding carboxylic acids is 2. The van der Waals surface area contributed by atoms with Gasteiger partial charge in [0.15, 0.2) is 5.69 Å². The van der Waals surface area contributed by atoms with E-state index in [-0.39, 0.29) is 10.7 Å². The molecule has 1 atom stereocenters. The summed E-state index contributed by atoms with van der Waals surface area (Å²) in [6.07, 6.45) is -1.46. The summed E-state index contributed by atoms with van der Waals surface area (Å²) >= 11 is 6.36. The molecule has 7 heteroatoms. The molecule has 17 heavy (non-hydrogen) atoms. The topological polar surface area (TPSA) is 66.4 Å². The van der Waals surface area contributed by atoms with Gasteiger partial charge in [-0.3, -0.25) is 0 Å². The molecule has 0 N–H and O–H groups in total. The molecule has 0 aromatic heterocycles. The molecule has 1 unspecified atom stereocenters. The molecule has 0 aliphatic rings. The number of carboxylic acid groups (broad SMARTS) is 1. The Labute approximate surface area is 108 Å². The summed E-state index contributed by atoms with van der Waals surface area (Å²) < 4.78 is 3.59. The lowest BCUT2D eigenvalue weighted by molar-refractivity contribution is -0.256. The number of nitrogens with zero attached hydrogens (tertiary/aromatic N) is 1. The summed E-state index contributed by atoms with van der Waals surface area (Å²) in [6.45, 7) is 0. The van der Waals surface area contributed by atoms with E-state index in [0.717, 1.165) is 0 Å². The highest BCUT2D eigenvalue weighted by Gasteiger charge is 2.36. The Kier molecular flexibility index (Phi) is 4.39. The van der Waals surface area contributed by atoms with Gasteiger partial charge in [0.1, 0.15) is 5.02 Å². The summed E-state index contributed by atoms with van der Waals surface area (Å²) in [5.41, 5.74) is 0.240. The smallest absolute Gasteiger partial charge is 0.425 e. The number of carbonyl (C=O) groups is 2. The molecule has 0 spiro atoms. The van der Waals surface area contributed by atoms with E-state index in [9.17, 15) is 14.7 Å². The molecule has 0 aliphatic heterocycles. The molecule has 1 aromatic rings. The number of methoxy groups -OCH3 is 1. The van der Waals surface area contributed by atoms with Crippen molar-refractivity contribution in [3.05, 3.63) is 29.3 Å². The molecular formula is C10H10ClNO4S. The minimum absolute atomic E-state index is 0.232. The van der Waals surface area contributed by atoms with Crippen LogP contribution in [0.2, 0.25) is 5.02 Å². The van der Waals surface area contributed by atoms with Crippen molar-refractivity contribution >= 4 is 40.6 Å². The van der Waals surface area contributed by atoms with Crippen molar-refractivity contribution < 1.29 is 19.4 Å². The normalized spacial score (nSPS) is 13.8. The average molecular weight is 276 g/mol. The number of para-hydroxylation sites is 1. The van der Waals surface area contributed by atoms with Crippen LogP contribution < -0.4 is 8.99 Å². The van der Waals surface area contributed by atoms with Crippen LogP contribution in [0.5, 0.6) is 0 Å². The van der Waals surface area contributed by atoms with Gasteiger partial charge in [-0.15, -0.1) is 0 Å². The van der Waals surface area contributed by atoms with Crippen LogP contribution in [0.4, 0.5) is 15.3 Å². The monoisotopic (exact) mass is 275 g/mol. The Hall–Kier alpha value is -1.24. The van der Waals surface area contributed by atoms with E-state index >= 15 is 0 Å². The second-order valence-corrected chi connectivity index (χ2v) is 4.84. The predicted molar refractivity (Wildman–Crippen MR) is 64.6 cm³/mol. The van der Waals surface area contributed by atoms with E-state index in [2.05, 4.69) is 4.74 Å². The first-order valence-electron chi connectivity index (χ1n) is 4.52. The lowest BCUT2D eigenvalue weighted by atomic mass is 10.3. The van der Waals surface area contributed by atoms with Gasteiger partial charge in [0, 0.05) is 6.07 Å². The Balaban J connectivity index is 3.21. The summed E-state index contributed by atoms with van der Waals surface area (Å²) in [5, 5.41) is 10.7. The van der Waals surface area contributed by atoms with Gasteiger partial charge in [0.25, 0.3) is 6.09 Å². The first-order chi connectivity index (χ1) is 7.91. The van der Waals surface area contributed by atoms with Crippen molar-refractivity contribution in [3.8, 4) is 0 Å². The van der Waals surface area contributed by atoms with Crippen molar-refractivity contribution in [2.75, 3.05) is 14.2 Å². The van der Waals surface area contributed by atoms with E-state index in [1.54, 1.807) is 12.1 Å². The van der Waals surface area contributed by atoms with Gasteiger partial charge >= 0.3 is 5.30 Å². The van der Waals surface area contributed by atoms with Crippen LogP contribution in [0.15, 0.2) is 24.3 Å². The van der Waals surface area contributed by atoms with Crippen molar-refractivity contribution in [1.82, 2.24) is 3.89 Å². The maximum Gasteiger partial charge on any atom is 0.425 e. The molecule has 92 valence electrons. The summed E-state index contributed by atoms with van der Waals surface area (Å²) in [6, 6.07) is 6.33. The number of quaternary nitrogens is 1. The maximum atomic E-state index is 11.2. The van der Waals surface area contributed by atoms with Crippen LogP contribution in [0.25, 0.3) is 0 Å². The zero-order valence-electron chi connectivity index (χ0n) is 9.18. The molecule has 0 aliphatic carbocycles. The van der Waals surface area contributed by atoms with Crippen molar-refractivity contribution in [2.45, 2.75) is 0 Å². The minimum atomic E-state index is -1.46. The predicted octanol–water partition coefficient (Wildman–Crippen LogP) is 2.03. The van der Waals surface area contributed by atoms with Gasteiger partial charge in [-0.05, 0) is 6.07 Å². The lowest BCUT2D eigenvalue weighted by Gasteiger charge is -2.29. The number of hydrogen-bond acceptors (Lipinski definition) is 5. The Morgan fingerprint density at radius 2 is 2.00 bits per heavy atom. The van der Waals surface area contributed by atoms with Gasteiger partial charge in [-0.25, -0.2) is 4.79 Å². The van der Waals surface area contributed by atoms with Gasteiger partial charge < -0.3 is 14.6 Å². The molecule has 0 bridgehead atoms. The van der Waals surface area contributed by atoms with E-state index in [1.165, 1.54) is 26.3 Å². The van der Waals surface area contributed by atoms with Gasteiger partial charge in [-0.1, -0.05) is 23.7 Å². The molecule has 1 aromatic carbocycles. The number of hydrogen-bond donors (Lipinski definition) is 0. The Morgan fingerprint density at radius 1 is 1.41 bits per heavy atom. The van der Waals surface area contributed by atoms with Gasteiger partial charge in [0.2, 0.25) is 11.9 Å². The maximum absolute atomic E-state index is 11.2. The third-order valence-electron chi connectivity index (χ3n) is 2.08. The molecule has 0 fully saturated rings. The van der Waals surface area contributed by atoms with E-state index < -0.39 is 15.3 Å². The van der Waals surface area contributed by atoms with Crippen LogP contribution in [0.1, 0.15) is 0 Å². The summed E-state index contributed by atoms with van der Waals surface area (Å²) in [7, 11) is 2.46.